The lowest BCUT2D eigenvalue weighted by Gasteiger charge is -2.22. The monoisotopic (exact) mass is 351 g/mol. The number of aliphatic hydroxyl groups is 1. The largest absolute Gasteiger partial charge is 0.398 e. The van der Waals surface area contributed by atoms with Crippen LogP contribution in [0.3, 0.4) is 0 Å². The summed E-state index contributed by atoms with van der Waals surface area (Å²) >= 11 is 0. The van der Waals surface area contributed by atoms with Crippen molar-refractivity contribution in [3.05, 3.63) is 64.8 Å². The highest BCUT2D eigenvalue weighted by atomic mass is 16.3. The third-order valence-corrected chi connectivity index (χ3v) is 5.45. The predicted molar refractivity (Wildman–Crippen MR) is 108 cm³/mol. The Balaban J connectivity index is 1.70. The highest BCUT2D eigenvalue weighted by molar-refractivity contribution is 6.01. The molecule has 3 rings (SSSR count). The summed E-state index contributed by atoms with van der Waals surface area (Å²) in [6.07, 6.45) is 12.7. The van der Waals surface area contributed by atoms with Crippen molar-refractivity contribution in [1.29, 1.82) is 5.41 Å². The molecule has 1 atom stereocenters. The number of nitrogens with one attached hydrogen (secondary N) is 2. The van der Waals surface area contributed by atoms with Gasteiger partial charge in [0.15, 0.2) is 0 Å². The topological polar surface area (TPSA) is 82.1 Å². The standard InChI is InChI=1S/C22H29N3O/c1-15-5-3-4-6-18(9-7-15)22(11-12-22)14-25-21(26)17-8-10-20(24)19(13-17)16(2)23/h4,6-10,13,21,23,25-26H,3,5,11-12,14,24H2,1-2H3. The van der Waals surface area contributed by atoms with Gasteiger partial charge in [-0.2, -0.15) is 0 Å². The molecule has 0 amide bonds. The van der Waals surface area contributed by atoms with E-state index in [4.69, 9.17) is 11.1 Å². The molecule has 2 aliphatic carbocycles. The summed E-state index contributed by atoms with van der Waals surface area (Å²) < 4.78 is 0. The molecule has 0 aliphatic heterocycles. The van der Waals surface area contributed by atoms with Crippen LogP contribution in [0, 0.1) is 10.8 Å². The number of rotatable bonds is 6. The van der Waals surface area contributed by atoms with Gasteiger partial charge in [-0.15, -0.1) is 0 Å². The summed E-state index contributed by atoms with van der Waals surface area (Å²) in [6, 6.07) is 5.38. The number of hydrogen-bond acceptors (Lipinski definition) is 4. The lowest BCUT2D eigenvalue weighted by Crippen LogP contribution is -2.29. The zero-order chi connectivity index (χ0) is 18.7. The van der Waals surface area contributed by atoms with Crippen molar-refractivity contribution in [3.63, 3.8) is 0 Å². The summed E-state index contributed by atoms with van der Waals surface area (Å²) in [5.41, 5.74) is 11.2. The molecule has 0 bridgehead atoms. The van der Waals surface area contributed by atoms with E-state index in [9.17, 15) is 5.11 Å². The number of nitrogen functional groups attached to an aromatic ring is 1. The molecule has 1 aromatic carbocycles. The summed E-state index contributed by atoms with van der Waals surface area (Å²) in [6.45, 7) is 4.62. The molecular formula is C22H29N3O. The van der Waals surface area contributed by atoms with Crippen molar-refractivity contribution in [2.24, 2.45) is 5.41 Å². The fraction of sp³-hybridized carbons (Fsp3) is 0.409. The number of allylic oxidation sites excluding steroid dienone is 5. The normalized spacial score (nSPS) is 19.8. The van der Waals surface area contributed by atoms with E-state index < -0.39 is 6.23 Å². The molecule has 26 heavy (non-hydrogen) atoms. The molecule has 138 valence electrons. The first-order valence-electron chi connectivity index (χ1n) is 9.32. The maximum absolute atomic E-state index is 10.6. The Morgan fingerprint density at radius 1 is 1.35 bits per heavy atom. The smallest absolute Gasteiger partial charge is 0.131 e. The molecule has 1 saturated carbocycles. The molecule has 1 fully saturated rings. The molecule has 4 nitrogen and oxygen atoms in total. The van der Waals surface area contributed by atoms with E-state index in [1.54, 1.807) is 19.1 Å². The molecule has 5 N–H and O–H groups in total. The maximum atomic E-state index is 10.6. The van der Waals surface area contributed by atoms with Crippen LogP contribution in [0.1, 0.15) is 56.9 Å². The highest BCUT2D eigenvalue weighted by Gasteiger charge is 2.44. The van der Waals surface area contributed by atoms with Crippen molar-refractivity contribution >= 4 is 11.4 Å². The van der Waals surface area contributed by atoms with E-state index in [0.717, 1.165) is 37.8 Å². The summed E-state index contributed by atoms with van der Waals surface area (Å²) in [5.74, 6) is 0. The quantitative estimate of drug-likeness (QED) is 0.351. The Labute approximate surface area is 156 Å². The van der Waals surface area contributed by atoms with Gasteiger partial charge in [-0.25, -0.2) is 0 Å². The van der Waals surface area contributed by atoms with Gasteiger partial charge in [-0.05, 0) is 62.8 Å². The molecular weight excluding hydrogens is 322 g/mol. The van der Waals surface area contributed by atoms with E-state index >= 15 is 0 Å². The van der Waals surface area contributed by atoms with Gasteiger partial charge in [0.25, 0.3) is 0 Å². The van der Waals surface area contributed by atoms with Crippen molar-refractivity contribution < 1.29 is 5.11 Å². The minimum Gasteiger partial charge on any atom is -0.398 e. The molecule has 0 radical (unpaired) electrons. The van der Waals surface area contributed by atoms with Gasteiger partial charge in [-0.1, -0.05) is 35.9 Å². The fourth-order valence-corrected chi connectivity index (χ4v) is 3.44. The van der Waals surface area contributed by atoms with Gasteiger partial charge < -0.3 is 16.2 Å². The second-order valence-corrected chi connectivity index (χ2v) is 7.61. The number of anilines is 1. The number of nitrogens with two attached hydrogens (primary N) is 1. The lowest BCUT2D eigenvalue weighted by atomic mass is 9.92. The Hall–Kier alpha value is -2.17. The Morgan fingerprint density at radius 3 is 2.81 bits per heavy atom. The van der Waals surface area contributed by atoms with Gasteiger partial charge in [-0.3, -0.25) is 5.32 Å². The third kappa shape index (κ3) is 4.14. The van der Waals surface area contributed by atoms with Crippen LogP contribution in [-0.4, -0.2) is 17.4 Å². The van der Waals surface area contributed by atoms with E-state index in [1.807, 2.05) is 6.07 Å². The fourth-order valence-electron chi connectivity index (χ4n) is 3.44. The summed E-state index contributed by atoms with van der Waals surface area (Å²) in [7, 11) is 0. The molecule has 1 unspecified atom stereocenters. The zero-order valence-electron chi connectivity index (χ0n) is 15.7. The van der Waals surface area contributed by atoms with Crippen molar-refractivity contribution in [2.75, 3.05) is 12.3 Å². The van der Waals surface area contributed by atoms with Crippen LogP contribution in [0.15, 0.2) is 53.6 Å². The van der Waals surface area contributed by atoms with Gasteiger partial charge in [0.1, 0.15) is 6.23 Å². The summed E-state index contributed by atoms with van der Waals surface area (Å²) in [4.78, 5) is 0. The molecule has 1 aromatic rings. The minimum absolute atomic E-state index is 0.125. The summed E-state index contributed by atoms with van der Waals surface area (Å²) in [5, 5.41) is 21.7. The van der Waals surface area contributed by atoms with Gasteiger partial charge in [0, 0.05) is 28.9 Å². The van der Waals surface area contributed by atoms with Crippen molar-refractivity contribution in [3.8, 4) is 0 Å². The van der Waals surface area contributed by atoms with Crippen LogP contribution in [0.5, 0.6) is 0 Å². The zero-order valence-corrected chi connectivity index (χ0v) is 15.7. The highest BCUT2D eigenvalue weighted by Crippen LogP contribution is 2.52. The Morgan fingerprint density at radius 2 is 2.12 bits per heavy atom. The predicted octanol–water partition coefficient (Wildman–Crippen LogP) is 4.24. The third-order valence-electron chi connectivity index (χ3n) is 5.45. The molecule has 0 spiro atoms. The first-order valence-corrected chi connectivity index (χ1v) is 9.32. The first kappa shape index (κ1) is 18.6. The van der Waals surface area contributed by atoms with E-state index in [2.05, 4.69) is 36.5 Å². The Bertz CT molecular complexity index is 785. The van der Waals surface area contributed by atoms with Crippen LogP contribution >= 0.6 is 0 Å². The van der Waals surface area contributed by atoms with Gasteiger partial charge in [0.2, 0.25) is 0 Å². The van der Waals surface area contributed by atoms with E-state index in [-0.39, 0.29) is 5.41 Å². The van der Waals surface area contributed by atoms with Crippen LogP contribution in [0.4, 0.5) is 5.69 Å². The van der Waals surface area contributed by atoms with E-state index in [0.29, 0.717) is 17.0 Å². The Kier molecular flexibility index (Phi) is 5.44. The second kappa shape index (κ2) is 7.60. The van der Waals surface area contributed by atoms with E-state index in [1.165, 1.54) is 11.1 Å². The SMILES string of the molecule is CC(=N)c1cc(C(O)NCC2(C3=CC=C(C)CCC=C3)CC2)ccc1N. The van der Waals surface area contributed by atoms with Crippen LogP contribution in [0.25, 0.3) is 0 Å². The molecule has 4 heteroatoms. The van der Waals surface area contributed by atoms with Crippen LogP contribution < -0.4 is 11.1 Å². The number of benzene rings is 1. The molecule has 0 saturated heterocycles. The lowest BCUT2D eigenvalue weighted by molar-refractivity contribution is 0.133. The number of hydrogen-bond donors (Lipinski definition) is 4. The number of aliphatic hydroxyl groups excluding tert-OH is 1. The van der Waals surface area contributed by atoms with Gasteiger partial charge in [0.05, 0.1) is 0 Å². The molecule has 0 heterocycles. The minimum atomic E-state index is -0.762. The van der Waals surface area contributed by atoms with Crippen LogP contribution in [0.2, 0.25) is 0 Å². The van der Waals surface area contributed by atoms with Crippen molar-refractivity contribution in [2.45, 2.75) is 45.8 Å². The molecule has 0 aromatic heterocycles. The first-order chi connectivity index (χ1) is 12.4. The molecule has 2 aliphatic rings. The average molecular weight is 351 g/mol. The average Bonchev–Trinajstić information content (AvgIpc) is 3.37. The van der Waals surface area contributed by atoms with Crippen molar-refractivity contribution in [1.82, 2.24) is 5.32 Å². The van der Waals surface area contributed by atoms with Gasteiger partial charge >= 0.3 is 0 Å². The van der Waals surface area contributed by atoms with Crippen LogP contribution in [-0.2, 0) is 0 Å². The maximum Gasteiger partial charge on any atom is 0.131 e. The second-order valence-electron chi connectivity index (χ2n) is 7.61.